The van der Waals surface area contributed by atoms with Crippen molar-refractivity contribution < 1.29 is 9.53 Å². The number of carbonyl (C=O) groups excluding carboxylic acids is 1. The van der Waals surface area contributed by atoms with Crippen LogP contribution >= 0.6 is 0 Å². The topological polar surface area (TPSA) is 103 Å². The Labute approximate surface area is 129 Å². The maximum absolute atomic E-state index is 11.2. The fourth-order valence-electron chi connectivity index (χ4n) is 1.88. The fourth-order valence-corrected chi connectivity index (χ4v) is 1.88. The van der Waals surface area contributed by atoms with Gasteiger partial charge in [0.05, 0.1) is 0 Å². The smallest absolute Gasteiger partial charge is 0.305 e. The number of benzene rings is 1. The molecule has 0 unspecified atom stereocenters. The van der Waals surface area contributed by atoms with E-state index < -0.39 is 0 Å². The molecule has 116 valence electrons. The third-order valence-electron chi connectivity index (χ3n) is 2.99. The van der Waals surface area contributed by atoms with Gasteiger partial charge in [-0.3, -0.25) is 4.79 Å². The second kappa shape index (κ2) is 7.35. The van der Waals surface area contributed by atoms with Gasteiger partial charge in [0.15, 0.2) is 12.4 Å². The molecular formula is C15H19N5O2. The predicted molar refractivity (Wildman–Crippen MR) is 83.4 cm³/mol. The molecule has 1 heterocycles. The van der Waals surface area contributed by atoms with E-state index in [1.807, 2.05) is 24.3 Å². The lowest BCUT2D eigenvalue weighted by Crippen LogP contribution is -2.10. The van der Waals surface area contributed by atoms with E-state index in [0.717, 1.165) is 17.7 Å². The number of aromatic nitrogens is 3. The van der Waals surface area contributed by atoms with E-state index in [1.54, 1.807) is 6.92 Å². The first-order chi connectivity index (χ1) is 10.6. The number of carbonyl (C=O) groups is 1. The summed E-state index contributed by atoms with van der Waals surface area (Å²) in [6.45, 7) is 3.76. The molecule has 2 aromatic rings. The Kier molecular flexibility index (Phi) is 5.24. The van der Waals surface area contributed by atoms with E-state index in [1.165, 1.54) is 0 Å². The second-order valence-corrected chi connectivity index (χ2v) is 4.58. The van der Waals surface area contributed by atoms with Gasteiger partial charge in [-0.05, 0) is 18.1 Å². The first kappa shape index (κ1) is 15.7. The van der Waals surface area contributed by atoms with E-state index in [9.17, 15) is 4.79 Å². The van der Waals surface area contributed by atoms with Crippen LogP contribution in [0.2, 0.25) is 0 Å². The maximum atomic E-state index is 11.2. The molecule has 0 radical (unpaired) electrons. The van der Waals surface area contributed by atoms with Crippen molar-refractivity contribution in [1.29, 1.82) is 0 Å². The minimum Gasteiger partial charge on any atom is -0.457 e. The number of nitrogen functional groups attached to an aromatic ring is 1. The Morgan fingerprint density at radius 3 is 2.73 bits per heavy atom. The molecule has 0 aliphatic rings. The molecule has 1 aromatic carbocycles. The molecule has 0 aliphatic heterocycles. The summed E-state index contributed by atoms with van der Waals surface area (Å²) >= 11 is 0. The predicted octanol–water partition coefficient (Wildman–Crippen LogP) is 2.21. The Balaban J connectivity index is 2.17. The highest BCUT2D eigenvalue weighted by Gasteiger charge is 2.08. The van der Waals surface area contributed by atoms with Crippen molar-refractivity contribution in [2.75, 3.05) is 11.1 Å². The lowest BCUT2D eigenvalue weighted by molar-refractivity contribution is -0.144. The fraction of sp³-hybridized carbons (Fsp3) is 0.333. The number of aryl methyl sites for hydroxylation is 1. The van der Waals surface area contributed by atoms with Gasteiger partial charge in [0, 0.05) is 12.1 Å². The van der Waals surface area contributed by atoms with Gasteiger partial charge in [-0.1, -0.05) is 32.0 Å². The average Bonchev–Trinajstić information content (AvgIpc) is 2.52. The summed E-state index contributed by atoms with van der Waals surface area (Å²) in [5, 5.41) is 3.12. The molecule has 7 heteroatoms. The highest BCUT2D eigenvalue weighted by atomic mass is 16.5. The lowest BCUT2D eigenvalue weighted by Gasteiger charge is -2.10. The monoisotopic (exact) mass is 301 g/mol. The van der Waals surface area contributed by atoms with E-state index in [2.05, 4.69) is 27.2 Å². The number of nitrogens with one attached hydrogen (secondary N) is 1. The summed E-state index contributed by atoms with van der Waals surface area (Å²) in [6, 6.07) is 7.86. The van der Waals surface area contributed by atoms with Crippen LogP contribution in [0.3, 0.4) is 0 Å². The molecule has 2 rings (SSSR count). The number of rotatable bonds is 6. The molecule has 0 amide bonds. The highest BCUT2D eigenvalue weighted by molar-refractivity contribution is 5.68. The Hall–Kier alpha value is -2.70. The van der Waals surface area contributed by atoms with Crippen molar-refractivity contribution in [2.24, 2.45) is 0 Å². The average molecular weight is 301 g/mol. The molecule has 0 atom stereocenters. The summed E-state index contributed by atoms with van der Waals surface area (Å²) in [5.41, 5.74) is 7.73. The summed E-state index contributed by atoms with van der Waals surface area (Å²) in [7, 11) is 0. The van der Waals surface area contributed by atoms with Crippen LogP contribution in [0, 0.1) is 0 Å². The van der Waals surface area contributed by atoms with Crippen LogP contribution < -0.4 is 11.1 Å². The molecule has 0 spiro atoms. The van der Waals surface area contributed by atoms with Crippen LogP contribution in [0.15, 0.2) is 24.3 Å². The van der Waals surface area contributed by atoms with Gasteiger partial charge >= 0.3 is 5.97 Å². The van der Waals surface area contributed by atoms with Crippen LogP contribution in [0.4, 0.5) is 17.6 Å². The van der Waals surface area contributed by atoms with Crippen molar-refractivity contribution in [1.82, 2.24) is 15.0 Å². The second-order valence-electron chi connectivity index (χ2n) is 4.58. The van der Waals surface area contributed by atoms with Crippen LogP contribution in [-0.2, 0) is 22.6 Å². The minimum atomic E-state index is -0.315. The van der Waals surface area contributed by atoms with Crippen molar-refractivity contribution in [2.45, 2.75) is 33.3 Å². The molecule has 3 N–H and O–H groups in total. The van der Waals surface area contributed by atoms with Crippen LogP contribution in [0.5, 0.6) is 0 Å². The SMILES string of the molecule is CCC(=O)OCc1nc(N)nc(Nc2ccccc2CC)n1. The highest BCUT2D eigenvalue weighted by Crippen LogP contribution is 2.19. The zero-order valence-corrected chi connectivity index (χ0v) is 12.7. The molecule has 0 saturated heterocycles. The van der Waals surface area contributed by atoms with Crippen LogP contribution in [0.1, 0.15) is 31.7 Å². The van der Waals surface area contributed by atoms with E-state index >= 15 is 0 Å². The van der Waals surface area contributed by atoms with Gasteiger partial charge in [-0.2, -0.15) is 15.0 Å². The van der Waals surface area contributed by atoms with Gasteiger partial charge < -0.3 is 15.8 Å². The van der Waals surface area contributed by atoms with Crippen molar-refractivity contribution in [3.63, 3.8) is 0 Å². The lowest BCUT2D eigenvalue weighted by atomic mass is 10.1. The number of nitrogens with two attached hydrogens (primary N) is 1. The number of hydrogen-bond donors (Lipinski definition) is 2. The van der Waals surface area contributed by atoms with Gasteiger partial charge in [-0.15, -0.1) is 0 Å². The molecule has 7 nitrogen and oxygen atoms in total. The molecule has 0 saturated carbocycles. The molecule has 0 fully saturated rings. The van der Waals surface area contributed by atoms with E-state index in [-0.39, 0.29) is 18.5 Å². The van der Waals surface area contributed by atoms with E-state index in [4.69, 9.17) is 10.5 Å². The first-order valence-electron chi connectivity index (χ1n) is 7.13. The van der Waals surface area contributed by atoms with Crippen molar-refractivity contribution in [3.05, 3.63) is 35.7 Å². The number of anilines is 3. The Morgan fingerprint density at radius 2 is 2.00 bits per heavy atom. The largest absolute Gasteiger partial charge is 0.457 e. The molecule has 1 aromatic heterocycles. The van der Waals surface area contributed by atoms with Crippen molar-refractivity contribution in [3.8, 4) is 0 Å². The van der Waals surface area contributed by atoms with Gasteiger partial charge in [0.2, 0.25) is 11.9 Å². The number of nitrogens with zero attached hydrogens (tertiary/aromatic N) is 3. The Bertz CT molecular complexity index is 660. The number of ether oxygens (including phenoxy) is 1. The first-order valence-corrected chi connectivity index (χ1v) is 7.13. The summed E-state index contributed by atoms with van der Waals surface area (Å²) in [5.74, 6) is 0.403. The normalized spacial score (nSPS) is 10.3. The summed E-state index contributed by atoms with van der Waals surface area (Å²) in [4.78, 5) is 23.4. The van der Waals surface area contributed by atoms with Gasteiger partial charge in [0.25, 0.3) is 0 Å². The van der Waals surface area contributed by atoms with Crippen LogP contribution in [-0.4, -0.2) is 20.9 Å². The van der Waals surface area contributed by atoms with E-state index in [0.29, 0.717) is 18.2 Å². The molecule has 22 heavy (non-hydrogen) atoms. The quantitative estimate of drug-likeness (QED) is 0.788. The Morgan fingerprint density at radius 1 is 1.23 bits per heavy atom. The summed E-state index contributed by atoms with van der Waals surface area (Å²) < 4.78 is 5.01. The van der Waals surface area contributed by atoms with Gasteiger partial charge in [0.1, 0.15) is 0 Å². The third-order valence-corrected chi connectivity index (χ3v) is 2.99. The van der Waals surface area contributed by atoms with Crippen LogP contribution in [0.25, 0.3) is 0 Å². The zero-order valence-electron chi connectivity index (χ0n) is 12.7. The molecule has 0 aliphatic carbocycles. The zero-order chi connectivity index (χ0) is 15.9. The standard InChI is InChI=1S/C15H19N5O2/c1-3-10-7-5-6-8-11(10)17-15-19-12(18-14(16)20-15)9-22-13(21)4-2/h5-8H,3-4,9H2,1-2H3,(H3,16,17,18,19,20). The molecular weight excluding hydrogens is 282 g/mol. The third kappa shape index (κ3) is 4.15. The maximum Gasteiger partial charge on any atom is 0.305 e. The molecule has 0 bridgehead atoms. The van der Waals surface area contributed by atoms with Gasteiger partial charge in [-0.25, -0.2) is 0 Å². The summed E-state index contributed by atoms with van der Waals surface area (Å²) in [6.07, 6.45) is 1.18. The van der Waals surface area contributed by atoms with Crippen molar-refractivity contribution >= 4 is 23.6 Å². The number of esters is 1. The number of hydrogen-bond acceptors (Lipinski definition) is 7. The minimum absolute atomic E-state index is 0.0243. The number of para-hydroxylation sites is 1.